The number of rotatable bonds is 2. The molecule has 0 unspecified atom stereocenters. The maximum absolute atomic E-state index is 13.2. The van der Waals surface area contributed by atoms with Crippen LogP contribution in [0.15, 0.2) is 42.5 Å². The number of nitrogens with zero attached hydrogens (tertiary/aromatic N) is 1. The molecule has 0 bridgehead atoms. The fourth-order valence-electron chi connectivity index (χ4n) is 2.67. The topological polar surface area (TPSA) is 34.0 Å². The molecule has 0 saturated carbocycles. The number of carbonyl (C=O) groups excluding carboxylic acids is 1. The van der Waals surface area contributed by atoms with Crippen molar-refractivity contribution in [2.75, 3.05) is 5.32 Å². The average Bonchev–Trinajstić information content (AvgIpc) is 2.75. The van der Waals surface area contributed by atoms with E-state index in [1.54, 1.807) is 11.6 Å². The molecule has 0 saturated heterocycles. The number of hydrogen-bond acceptors (Lipinski definition) is 1. The smallest absolute Gasteiger partial charge is 0.272 e. The fraction of sp³-hybridized carbons (Fsp3) is 0.118. The summed E-state index contributed by atoms with van der Waals surface area (Å²) in [5.74, 6) is -2.30. The van der Waals surface area contributed by atoms with Gasteiger partial charge in [0.1, 0.15) is 5.69 Å². The molecule has 112 valence electrons. The Kier molecular flexibility index (Phi) is 3.41. The third-order valence-corrected chi connectivity index (χ3v) is 3.75. The molecular weight excluding hydrogens is 286 g/mol. The van der Waals surface area contributed by atoms with Crippen LogP contribution in [0.1, 0.15) is 16.1 Å². The van der Waals surface area contributed by atoms with Gasteiger partial charge >= 0.3 is 0 Å². The number of amides is 1. The Morgan fingerprint density at radius 1 is 1.09 bits per heavy atom. The maximum Gasteiger partial charge on any atom is 0.272 e. The highest BCUT2D eigenvalue weighted by molar-refractivity contribution is 6.08. The summed E-state index contributed by atoms with van der Waals surface area (Å²) in [5.41, 5.74) is 2.49. The summed E-state index contributed by atoms with van der Waals surface area (Å²) in [6.45, 7) is 1.86. The van der Waals surface area contributed by atoms with Gasteiger partial charge in [0.15, 0.2) is 11.6 Å². The Morgan fingerprint density at radius 3 is 2.50 bits per heavy atom. The van der Waals surface area contributed by atoms with Crippen LogP contribution >= 0.6 is 0 Å². The molecule has 2 aromatic carbocycles. The van der Waals surface area contributed by atoms with Gasteiger partial charge in [-0.25, -0.2) is 8.78 Å². The molecule has 0 atom stereocenters. The Hall–Kier alpha value is -2.69. The second-order valence-corrected chi connectivity index (χ2v) is 5.13. The van der Waals surface area contributed by atoms with Crippen molar-refractivity contribution in [1.82, 2.24) is 4.57 Å². The minimum absolute atomic E-state index is 0.216. The lowest BCUT2D eigenvalue weighted by Gasteiger charge is -2.08. The predicted octanol–water partition coefficient (Wildman–Crippen LogP) is 4.02. The summed E-state index contributed by atoms with van der Waals surface area (Å²) in [4.78, 5) is 12.5. The van der Waals surface area contributed by atoms with Crippen molar-refractivity contribution < 1.29 is 13.6 Å². The number of halogens is 2. The molecule has 3 nitrogen and oxygen atoms in total. The molecule has 3 rings (SSSR count). The van der Waals surface area contributed by atoms with Gasteiger partial charge in [-0.2, -0.15) is 0 Å². The van der Waals surface area contributed by atoms with Crippen LogP contribution in [-0.4, -0.2) is 10.5 Å². The van der Waals surface area contributed by atoms with Crippen molar-refractivity contribution in [1.29, 1.82) is 0 Å². The zero-order valence-electron chi connectivity index (χ0n) is 12.2. The molecule has 5 heteroatoms. The highest BCUT2D eigenvalue weighted by Gasteiger charge is 2.18. The number of anilines is 1. The van der Waals surface area contributed by atoms with E-state index in [1.807, 2.05) is 31.2 Å². The summed E-state index contributed by atoms with van der Waals surface area (Å²) in [5, 5.41) is 3.59. The number of aromatic nitrogens is 1. The van der Waals surface area contributed by atoms with Gasteiger partial charge < -0.3 is 9.88 Å². The van der Waals surface area contributed by atoms with Crippen molar-refractivity contribution in [2.45, 2.75) is 6.92 Å². The normalized spacial score (nSPS) is 10.9. The SMILES string of the molecule is Cc1c(C(=O)Nc2ccc(F)c(F)c2)n(C)c2ccccc12. The highest BCUT2D eigenvalue weighted by atomic mass is 19.2. The quantitative estimate of drug-likeness (QED) is 0.762. The summed E-state index contributed by atoms with van der Waals surface area (Å²) in [7, 11) is 1.80. The second kappa shape index (κ2) is 5.26. The first-order valence-corrected chi connectivity index (χ1v) is 6.79. The summed E-state index contributed by atoms with van der Waals surface area (Å²) < 4.78 is 28.0. The maximum atomic E-state index is 13.2. The number of nitrogens with one attached hydrogen (secondary N) is 1. The average molecular weight is 300 g/mol. The molecule has 0 aliphatic carbocycles. The summed E-state index contributed by atoms with van der Waals surface area (Å²) in [6, 6.07) is 11.0. The lowest BCUT2D eigenvalue weighted by atomic mass is 10.1. The van der Waals surface area contributed by atoms with Crippen LogP contribution in [-0.2, 0) is 7.05 Å². The molecule has 1 aromatic heterocycles. The molecule has 1 amide bonds. The van der Waals surface area contributed by atoms with Gasteiger partial charge in [0.2, 0.25) is 0 Å². The lowest BCUT2D eigenvalue weighted by molar-refractivity contribution is 0.101. The van der Waals surface area contributed by atoms with Crippen molar-refractivity contribution in [2.24, 2.45) is 7.05 Å². The molecular formula is C17H14F2N2O. The Morgan fingerprint density at radius 2 is 1.82 bits per heavy atom. The number of para-hydroxylation sites is 1. The fourth-order valence-corrected chi connectivity index (χ4v) is 2.67. The molecule has 0 radical (unpaired) electrons. The van der Waals surface area contributed by atoms with Gasteiger partial charge in [-0.05, 0) is 30.7 Å². The molecule has 1 heterocycles. The molecule has 0 fully saturated rings. The zero-order chi connectivity index (χ0) is 15.9. The Balaban J connectivity index is 2.00. The van der Waals surface area contributed by atoms with Crippen LogP contribution in [0.5, 0.6) is 0 Å². The first-order valence-electron chi connectivity index (χ1n) is 6.79. The van der Waals surface area contributed by atoms with E-state index in [2.05, 4.69) is 5.32 Å². The van der Waals surface area contributed by atoms with E-state index in [4.69, 9.17) is 0 Å². The third-order valence-electron chi connectivity index (χ3n) is 3.75. The van der Waals surface area contributed by atoms with Crippen LogP contribution in [0, 0.1) is 18.6 Å². The van der Waals surface area contributed by atoms with Crippen LogP contribution in [0.3, 0.4) is 0 Å². The van der Waals surface area contributed by atoms with E-state index < -0.39 is 11.6 Å². The number of hydrogen-bond donors (Lipinski definition) is 1. The summed E-state index contributed by atoms with van der Waals surface area (Å²) >= 11 is 0. The van der Waals surface area contributed by atoms with Crippen molar-refractivity contribution in [3.63, 3.8) is 0 Å². The zero-order valence-corrected chi connectivity index (χ0v) is 12.2. The van der Waals surface area contributed by atoms with E-state index in [9.17, 15) is 13.6 Å². The minimum Gasteiger partial charge on any atom is -0.339 e. The van der Waals surface area contributed by atoms with Crippen LogP contribution in [0.2, 0.25) is 0 Å². The number of fused-ring (bicyclic) bond motifs is 1. The minimum atomic E-state index is -0.994. The van der Waals surface area contributed by atoms with E-state index >= 15 is 0 Å². The third kappa shape index (κ3) is 2.24. The first-order chi connectivity index (χ1) is 10.5. The second-order valence-electron chi connectivity index (χ2n) is 5.13. The number of benzene rings is 2. The monoisotopic (exact) mass is 300 g/mol. The van der Waals surface area contributed by atoms with Crippen molar-refractivity contribution >= 4 is 22.5 Å². The highest BCUT2D eigenvalue weighted by Crippen LogP contribution is 2.25. The van der Waals surface area contributed by atoms with Gasteiger partial charge in [-0.3, -0.25) is 4.79 Å². The van der Waals surface area contributed by atoms with Crippen LogP contribution in [0.25, 0.3) is 10.9 Å². The van der Waals surface area contributed by atoms with E-state index in [0.29, 0.717) is 5.69 Å². The van der Waals surface area contributed by atoms with E-state index in [1.165, 1.54) is 6.07 Å². The molecule has 0 spiro atoms. The van der Waals surface area contributed by atoms with Gasteiger partial charge in [0, 0.05) is 29.7 Å². The number of aryl methyl sites for hydroxylation is 2. The molecule has 1 N–H and O–H groups in total. The standard InChI is InChI=1S/C17H14F2N2O/c1-10-12-5-3-4-6-15(12)21(2)16(10)17(22)20-11-7-8-13(18)14(19)9-11/h3-9H,1-2H3,(H,20,22). The van der Waals surface area contributed by atoms with Gasteiger partial charge in [0.25, 0.3) is 5.91 Å². The largest absolute Gasteiger partial charge is 0.339 e. The predicted molar refractivity (Wildman–Crippen MR) is 82.0 cm³/mol. The van der Waals surface area contributed by atoms with E-state index in [0.717, 1.165) is 28.6 Å². The van der Waals surface area contributed by atoms with Crippen LogP contribution in [0.4, 0.5) is 14.5 Å². The summed E-state index contributed by atoms with van der Waals surface area (Å²) in [6.07, 6.45) is 0. The molecule has 22 heavy (non-hydrogen) atoms. The van der Waals surface area contributed by atoms with E-state index in [-0.39, 0.29) is 11.6 Å². The van der Waals surface area contributed by atoms with Gasteiger partial charge in [-0.1, -0.05) is 18.2 Å². The Labute approximate surface area is 126 Å². The lowest BCUT2D eigenvalue weighted by Crippen LogP contribution is -2.17. The van der Waals surface area contributed by atoms with Gasteiger partial charge in [0.05, 0.1) is 0 Å². The van der Waals surface area contributed by atoms with Crippen LogP contribution < -0.4 is 5.32 Å². The van der Waals surface area contributed by atoms with Crippen molar-refractivity contribution in [3.8, 4) is 0 Å². The molecule has 3 aromatic rings. The van der Waals surface area contributed by atoms with Crippen molar-refractivity contribution in [3.05, 3.63) is 65.4 Å². The molecule has 0 aliphatic rings. The Bertz CT molecular complexity index is 845. The van der Waals surface area contributed by atoms with Gasteiger partial charge in [-0.15, -0.1) is 0 Å². The first kappa shape index (κ1) is 14.3. The number of carbonyl (C=O) groups is 1. The molecule has 0 aliphatic heterocycles.